The third-order valence-corrected chi connectivity index (χ3v) is 4.56. The van der Waals surface area contributed by atoms with Crippen molar-refractivity contribution in [3.8, 4) is 0 Å². The maximum Gasteiger partial charge on any atom is 0.309 e. The number of ether oxygens (including phenoxy) is 1. The summed E-state index contributed by atoms with van der Waals surface area (Å²) in [6.07, 6.45) is 2.30. The topological polar surface area (TPSA) is 83.8 Å². The van der Waals surface area contributed by atoms with Crippen LogP contribution in [0.1, 0.15) is 17.4 Å². The van der Waals surface area contributed by atoms with Crippen LogP contribution in [0.15, 0.2) is 53.1 Å². The Morgan fingerprint density at radius 2 is 1.74 bits per heavy atom. The van der Waals surface area contributed by atoms with E-state index in [9.17, 15) is 9.59 Å². The van der Waals surface area contributed by atoms with Gasteiger partial charge in [-0.3, -0.25) is 14.5 Å². The van der Waals surface area contributed by atoms with Gasteiger partial charge in [0.2, 0.25) is 0 Å². The van der Waals surface area contributed by atoms with Gasteiger partial charge in [0.25, 0.3) is 0 Å². The van der Waals surface area contributed by atoms with Crippen molar-refractivity contribution in [3.05, 3.63) is 60.1 Å². The van der Waals surface area contributed by atoms with Crippen LogP contribution in [-0.2, 0) is 20.7 Å². The van der Waals surface area contributed by atoms with Crippen molar-refractivity contribution in [2.75, 3.05) is 39.4 Å². The summed E-state index contributed by atoms with van der Waals surface area (Å²) in [6.45, 7) is 3.52. The highest BCUT2D eigenvalue weighted by Gasteiger charge is 2.26. The lowest BCUT2D eigenvalue weighted by Crippen LogP contribution is -2.46. The third-order valence-electron chi connectivity index (χ3n) is 4.56. The molecule has 7 nitrogen and oxygen atoms in total. The molecule has 1 saturated heterocycles. The van der Waals surface area contributed by atoms with E-state index < -0.39 is 11.8 Å². The minimum atomic E-state index is -0.632. The standard InChI is InChI=1S/C20H25N3O4/c24-19(21-9-8-16-5-2-1-3-6-16)20(25)22-15-17(18-7-4-12-27-18)23-10-13-26-14-11-23/h1-7,12,17H,8-11,13-15H2,(H,21,24)(H,22,25)/t17-/m1/s1. The molecular formula is C20H25N3O4. The van der Waals surface area contributed by atoms with E-state index in [1.807, 2.05) is 42.5 Å². The van der Waals surface area contributed by atoms with Crippen molar-refractivity contribution in [2.45, 2.75) is 12.5 Å². The van der Waals surface area contributed by atoms with Gasteiger partial charge in [0.05, 0.1) is 25.5 Å². The van der Waals surface area contributed by atoms with E-state index in [4.69, 9.17) is 9.15 Å². The Morgan fingerprint density at radius 1 is 1.00 bits per heavy atom. The predicted octanol–water partition coefficient (Wildman–Crippen LogP) is 1.13. The van der Waals surface area contributed by atoms with E-state index in [0.29, 0.717) is 32.7 Å². The minimum Gasteiger partial charge on any atom is -0.468 e. The second-order valence-corrected chi connectivity index (χ2v) is 6.38. The summed E-state index contributed by atoms with van der Waals surface area (Å²) in [5.41, 5.74) is 1.11. The summed E-state index contributed by atoms with van der Waals surface area (Å²) in [4.78, 5) is 26.4. The van der Waals surface area contributed by atoms with Gasteiger partial charge in [-0.1, -0.05) is 30.3 Å². The molecule has 2 amide bonds. The molecule has 27 heavy (non-hydrogen) atoms. The Hall–Kier alpha value is -2.64. The van der Waals surface area contributed by atoms with Gasteiger partial charge < -0.3 is 19.8 Å². The number of hydrogen-bond acceptors (Lipinski definition) is 5. The molecule has 0 aliphatic carbocycles. The fourth-order valence-electron chi connectivity index (χ4n) is 3.09. The monoisotopic (exact) mass is 371 g/mol. The molecule has 0 bridgehead atoms. The number of rotatable bonds is 7. The van der Waals surface area contributed by atoms with Crippen molar-refractivity contribution in [2.24, 2.45) is 0 Å². The Labute approximate surface area is 158 Å². The van der Waals surface area contributed by atoms with Crippen LogP contribution in [0.3, 0.4) is 0 Å². The highest BCUT2D eigenvalue weighted by molar-refractivity contribution is 6.35. The Balaban J connectivity index is 1.47. The molecule has 1 aliphatic rings. The maximum absolute atomic E-state index is 12.1. The van der Waals surface area contributed by atoms with Gasteiger partial charge in [0.1, 0.15) is 5.76 Å². The molecule has 7 heteroatoms. The summed E-state index contributed by atoms with van der Waals surface area (Å²) < 4.78 is 10.9. The number of carbonyl (C=O) groups excluding carboxylic acids is 2. The van der Waals surface area contributed by atoms with Crippen LogP contribution >= 0.6 is 0 Å². The van der Waals surface area contributed by atoms with Crippen molar-refractivity contribution in [3.63, 3.8) is 0 Å². The van der Waals surface area contributed by atoms with Crippen LogP contribution in [0, 0.1) is 0 Å². The number of carbonyl (C=O) groups is 2. The molecule has 2 aromatic rings. The highest BCUT2D eigenvalue weighted by Crippen LogP contribution is 2.21. The van der Waals surface area contributed by atoms with Crippen LogP contribution in [0.5, 0.6) is 0 Å². The van der Waals surface area contributed by atoms with Crippen LogP contribution in [0.4, 0.5) is 0 Å². The number of benzene rings is 1. The van der Waals surface area contributed by atoms with Gasteiger partial charge in [-0.25, -0.2) is 0 Å². The molecule has 144 valence electrons. The second-order valence-electron chi connectivity index (χ2n) is 6.38. The van der Waals surface area contributed by atoms with Crippen molar-refractivity contribution in [1.82, 2.24) is 15.5 Å². The molecule has 2 heterocycles. The average molecular weight is 371 g/mol. The van der Waals surface area contributed by atoms with Gasteiger partial charge in [0.15, 0.2) is 0 Å². The van der Waals surface area contributed by atoms with Gasteiger partial charge in [-0.05, 0) is 24.1 Å². The van der Waals surface area contributed by atoms with Gasteiger partial charge in [-0.2, -0.15) is 0 Å². The Bertz CT molecular complexity index is 712. The Morgan fingerprint density at radius 3 is 2.44 bits per heavy atom. The van der Waals surface area contributed by atoms with Gasteiger partial charge >= 0.3 is 11.8 Å². The summed E-state index contributed by atoms with van der Waals surface area (Å²) in [5, 5.41) is 5.38. The summed E-state index contributed by atoms with van der Waals surface area (Å²) in [7, 11) is 0. The summed E-state index contributed by atoms with van der Waals surface area (Å²) in [6, 6.07) is 13.4. The first-order chi connectivity index (χ1) is 13.2. The zero-order valence-corrected chi connectivity index (χ0v) is 15.2. The first-order valence-electron chi connectivity index (χ1n) is 9.19. The van der Waals surface area contributed by atoms with Crippen LogP contribution in [-0.4, -0.2) is 56.1 Å². The first-order valence-corrected chi connectivity index (χ1v) is 9.19. The number of hydrogen-bond donors (Lipinski definition) is 2. The van der Waals surface area contributed by atoms with E-state index >= 15 is 0 Å². The maximum atomic E-state index is 12.1. The molecule has 2 N–H and O–H groups in total. The molecule has 3 rings (SSSR count). The quantitative estimate of drug-likeness (QED) is 0.713. The Kier molecular flexibility index (Phi) is 7.01. The lowest BCUT2D eigenvalue weighted by Gasteiger charge is -2.33. The molecule has 1 aromatic carbocycles. The summed E-state index contributed by atoms with van der Waals surface area (Å²) in [5.74, 6) is -0.485. The van der Waals surface area contributed by atoms with E-state index in [0.717, 1.165) is 24.4 Å². The number of morpholine rings is 1. The van der Waals surface area contributed by atoms with E-state index in [1.54, 1.807) is 6.26 Å². The molecule has 0 unspecified atom stereocenters. The van der Waals surface area contributed by atoms with E-state index in [2.05, 4.69) is 15.5 Å². The van der Waals surface area contributed by atoms with Crippen LogP contribution in [0.25, 0.3) is 0 Å². The van der Waals surface area contributed by atoms with E-state index in [1.165, 1.54) is 0 Å². The summed E-state index contributed by atoms with van der Waals surface area (Å²) >= 11 is 0. The lowest BCUT2D eigenvalue weighted by molar-refractivity contribution is -0.139. The highest BCUT2D eigenvalue weighted by atomic mass is 16.5. The largest absolute Gasteiger partial charge is 0.468 e. The molecular weight excluding hydrogens is 346 g/mol. The number of nitrogens with one attached hydrogen (secondary N) is 2. The van der Waals surface area contributed by atoms with Crippen molar-refractivity contribution < 1.29 is 18.7 Å². The zero-order chi connectivity index (χ0) is 18.9. The van der Waals surface area contributed by atoms with E-state index in [-0.39, 0.29) is 6.04 Å². The average Bonchev–Trinajstić information content (AvgIpc) is 3.24. The number of furan rings is 1. The molecule has 1 fully saturated rings. The fourth-order valence-corrected chi connectivity index (χ4v) is 3.09. The van der Waals surface area contributed by atoms with Crippen molar-refractivity contribution >= 4 is 11.8 Å². The number of amides is 2. The second kappa shape index (κ2) is 9.89. The normalized spacial score (nSPS) is 15.9. The molecule has 0 saturated carbocycles. The van der Waals surface area contributed by atoms with Gasteiger partial charge in [0, 0.05) is 26.2 Å². The smallest absolute Gasteiger partial charge is 0.309 e. The third kappa shape index (κ3) is 5.67. The SMILES string of the molecule is O=C(NCCc1ccccc1)C(=O)NC[C@H](c1ccco1)N1CCOCC1. The number of nitrogens with zero attached hydrogens (tertiary/aromatic N) is 1. The first kappa shape index (κ1) is 19.1. The zero-order valence-electron chi connectivity index (χ0n) is 15.2. The molecule has 1 atom stereocenters. The molecule has 1 aromatic heterocycles. The van der Waals surface area contributed by atoms with Gasteiger partial charge in [-0.15, -0.1) is 0 Å². The van der Waals surface area contributed by atoms with Crippen LogP contribution in [0.2, 0.25) is 0 Å². The molecule has 0 radical (unpaired) electrons. The molecule has 0 spiro atoms. The molecule has 1 aliphatic heterocycles. The minimum absolute atomic E-state index is 0.120. The lowest BCUT2D eigenvalue weighted by atomic mass is 10.1. The van der Waals surface area contributed by atoms with Crippen LogP contribution < -0.4 is 10.6 Å². The van der Waals surface area contributed by atoms with Crippen molar-refractivity contribution in [1.29, 1.82) is 0 Å². The fraction of sp³-hybridized carbons (Fsp3) is 0.400. The predicted molar refractivity (Wildman–Crippen MR) is 100 cm³/mol.